The third-order valence-corrected chi connectivity index (χ3v) is 0.556. The Morgan fingerprint density at radius 3 is 1.00 bits per heavy atom. The summed E-state index contributed by atoms with van der Waals surface area (Å²) < 4.78 is 0. The molecular weight excluding hydrogens is 221 g/mol. The van der Waals surface area contributed by atoms with E-state index >= 15 is 0 Å². The largest absolute Gasteiger partial charge is 6.00 e. The van der Waals surface area contributed by atoms with Gasteiger partial charge in [0.1, 0.15) is 0 Å². The van der Waals surface area contributed by atoms with Crippen LogP contribution in [0.2, 0.25) is 0 Å². The van der Waals surface area contributed by atoms with E-state index in [1.807, 2.05) is 30.3 Å². The molecule has 0 heterocycles. The van der Waals surface area contributed by atoms with Gasteiger partial charge in [-0.15, -0.1) is 0 Å². The number of rotatable bonds is 0. The summed E-state index contributed by atoms with van der Waals surface area (Å²) >= 11 is 0. The van der Waals surface area contributed by atoms with Crippen molar-refractivity contribution in [3.63, 3.8) is 0 Å². The van der Waals surface area contributed by atoms with Gasteiger partial charge in [0.15, 0.2) is 0 Å². The van der Waals surface area contributed by atoms with Gasteiger partial charge in [0, 0.05) is 0 Å². The monoisotopic (exact) mass is 242 g/mol. The molecule has 0 spiro atoms. The minimum Gasteiger partial charge on any atom is -0.358 e. The Morgan fingerprint density at radius 2 is 0.909 bits per heavy atom. The molecule has 0 aliphatic rings. The average Bonchev–Trinajstić information content (AvgIpc) is 1.76. The van der Waals surface area contributed by atoms with Gasteiger partial charge in [0.05, 0.1) is 0 Å². The molecule has 0 amide bonds. The first-order valence-corrected chi connectivity index (χ1v) is 1.67. The van der Waals surface area contributed by atoms with Gasteiger partial charge < -0.3 is 37.1 Å². The Labute approximate surface area is 87.2 Å². The molecule has 0 aliphatic carbocycles. The van der Waals surface area contributed by atoms with Crippen molar-refractivity contribution in [1.29, 1.82) is 0 Å². The summed E-state index contributed by atoms with van der Waals surface area (Å²) in [4.78, 5) is 0. The zero-order chi connectivity index (χ0) is 3.54. The van der Waals surface area contributed by atoms with Gasteiger partial charge in [-0.05, 0) is 0 Å². The fraction of sp³-hybridized carbons (Fsp3) is 0. The van der Waals surface area contributed by atoms with Crippen LogP contribution in [0, 0.1) is 37.1 Å². The molecule has 0 unspecified atom stereocenters. The SMILES string of the molecule is [CH3-].[CH3-].[CH3-].[CH3-].[CH3-].[Ru+6].c1cc[cH-]c1. The van der Waals surface area contributed by atoms with Gasteiger partial charge in [0.2, 0.25) is 0 Å². The standard InChI is InChI=1S/C5H5.5CH3.Ru/c1-2-4-5-3-1;;;;;;/h1-5H;5*1H3;/q6*-1;+6. The molecule has 1 aromatic rings. The molecule has 11 heavy (non-hydrogen) atoms. The molecular formula is C10H20Ru. The second-order valence-electron chi connectivity index (χ2n) is 0.962. The van der Waals surface area contributed by atoms with E-state index in [0.29, 0.717) is 0 Å². The Morgan fingerprint density at radius 1 is 0.636 bits per heavy atom. The molecule has 0 aromatic heterocycles. The molecule has 0 fully saturated rings. The second kappa shape index (κ2) is 32.5. The van der Waals surface area contributed by atoms with E-state index in [1.54, 1.807) is 0 Å². The predicted molar refractivity (Wildman–Crippen MR) is 54.1 cm³/mol. The third-order valence-electron chi connectivity index (χ3n) is 0.556. The van der Waals surface area contributed by atoms with E-state index < -0.39 is 0 Å². The Bertz CT molecular complexity index is 61.3. The summed E-state index contributed by atoms with van der Waals surface area (Å²) in [6.45, 7) is 0. The molecule has 0 nitrogen and oxygen atoms in total. The fourth-order valence-corrected chi connectivity index (χ4v) is 0.321. The van der Waals surface area contributed by atoms with Gasteiger partial charge in [-0.2, -0.15) is 18.2 Å². The van der Waals surface area contributed by atoms with Gasteiger partial charge in [-0.3, -0.25) is 0 Å². The van der Waals surface area contributed by atoms with Gasteiger partial charge >= 0.3 is 19.5 Å². The van der Waals surface area contributed by atoms with E-state index in [4.69, 9.17) is 0 Å². The van der Waals surface area contributed by atoms with Crippen LogP contribution in [0.15, 0.2) is 30.3 Å². The maximum Gasteiger partial charge on any atom is 6.00 e. The molecule has 0 atom stereocenters. The summed E-state index contributed by atoms with van der Waals surface area (Å²) in [5.74, 6) is 0. The molecule has 1 heteroatoms. The molecule has 0 saturated heterocycles. The van der Waals surface area contributed by atoms with Crippen molar-refractivity contribution in [2.75, 3.05) is 0 Å². The van der Waals surface area contributed by atoms with Crippen LogP contribution in [0.4, 0.5) is 0 Å². The predicted octanol–water partition coefficient (Wildman–Crippen LogP) is 3.65. The normalized spacial score (nSPS) is 3.64. The van der Waals surface area contributed by atoms with Gasteiger partial charge in [0.25, 0.3) is 0 Å². The summed E-state index contributed by atoms with van der Waals surface area (Å²) in [6, 6.07) is 10.0. The Kier molecular flexibility index (Phi) is 130. The van der Waals surface area contributed by atoms with Crippen LogP contribution in [0.3, 0.4) is 0 Å². The van der Waals surface area contributed by atoms with Crippen LogP contribution in [-0.4, -0.2) is 0 Å². The van der Waals surface area contributed by atoms with Gasteiger partial charge in [-0.1, -0.05) is 0 Å². The van der Waals surface area contributed by atoms with Crippen LogP contribution in [0.5, 0.6) is 0 Å². The van der Waals surface area contributed by atoms with Crippen molar-refractivity contribution >= 4 is 0 Å². The van der Waals surface area contributed by atoms with Crippen molar-refractivity contribution in [3.8, 4) is 0 Å². The minimum atomic E-state index is 0. The first-order chi connectivity index (χ1) is 2.50. The summed E-state index contributed by atoms with van der Waals surface area (Å²) in [7, 11) is 0. The first kappa shape index (κ1) is 44.1. The van der Waals surface area contributed by atoms with Crippen LogP contribution >= 0.6 is 0 Å². The van der Waals surface area contributed by atoms with E-state index in [2.05, 4.69) is 0 Å². The molecule has 1 rings (SSSR count). The molecule has 0 saturated carbocycles. The van der Waals surface area contributed by atoms with E-state index in [1.165, 1.54) is 0 Å². The van der Waals surface area contributed by atoms with Crippen LogP contribution in [-0.2, 0) is 19.5 Å². The van der Waals surface area contributed by atoms with Gasteiger partial charge in [-0.25, -0.2) is 12.1 Å². The fourth-order valence-electron chi connectivity index (χ4n) is 0.321. The molecule has 0 aliphatic heterocycles. The molecule has 0 radical (unpaired) electrons. The minimum absolute atomic E-state index is 0. The number of hydrogen-bond donors (Lipinski definition) is 0. The van der Waals surface area contributed by atoms with E-state index in [0.717, 1.165) is 0 Å². The molecule has 0 N–H and O–H groups in total. The van der Waals surface area contributed by atoms with Crippen LogP contribution in [0.25, 0.3) is 0 Å². The van der Waals surface area contributed by atoms with Crippen LogP contribution < -0.4 is 0 Å². The van der Waals surface area contributed by atoms with E-state index in [9.17, 15) is 0 Å². The molecule has 0 bridgehead atoms. The van der Waals surface area contributed by atoms with Crippen molar-refractivity contribution in [1.82, 2.24) is 0 Å². The third kappa shape index (κ3) is 25.6. The molecule has 68 valence electrons. The molecule has 1 aromatic carbocycles. The topological polar surface area (TPSA) is 0 Å². The maximum absolute atomic E-state index is 2.00. The first-order valence-electron chi connectivity index (χ1n) is 1.67. The summed E-state index contributed by atoms with van der Waals surface area (Å²) in [5, 5.41) is 0. The van der Waals surface area contributed by atoms with Crippen molar-refractivity contribution < 1.29 is 19.5 Å². The number of hydrogen-bond acceptors (Lipinski definition) is 0. The average molecular weight is 241 g/mol. The zero-order valence-electron chi connectivity index (χ0n) is 8.24. The maximum atomic E-state index is 2.00. The van der Waals surface area contributed by atoms with E-state index in [-0.39, 0.29) is 56.6 Å². The Balaban J connectivity index is -0.0000000104. The summed E-state index contributed by atoms with van der Waals surface area (Å²) in [5.41, 5.74) is 0. The van der Waals surface area contributed by atoms with Crippen LogP contribution in [0.1, 0.15) is 0 Å². The van der Waals surface area contributed by atoms with Crippen molar-refractivity contribution in [2.45, 2.75) is 0 Å². The summed E-state index contributed by atoms with van der Waals surface area (Å²) in [6.07, 6.45) is 0. The van der Waals surface area contributed by atoms with Crippen molar-refractivity contribution in [3.05, 3.63) is 67.5 Å². The zero-order valence-corrected chi connectivity index (χ0v) is 9.98. The second-order valence-corrected chi connectivity index (χ2v) is 0.962. The van der Waals surface area contributed by atoms with Crippen molar-refractivity contribution in [2.24, 2.45) is 0 Å². The Hall–Kier alpha value is -0.0266. The quantitative estimate of drug-likeness (QED) is 0.480. The smallest absolute Gasteiger partial charge is 0.358 e.